The molecular weight excluding hydrogens is 226 g/mol. The number of benzene rings is 2. The molecule has 0 fully saturated rings. The van der Waals surface area contributed by atoms with E-state index in [2.05, 4.69) is 4.98 Å². The summed E-state index contributed by atoms with van der Waals surface area (Å²) in [6.07, 6.45) is 1.72. The molecule has 3 heteroatoms. The van der Waals surface area contributed by atoms with Crippen molar-refractivity contribution < 1.29 is 9.84 Å². The Kier molecular flexibility index (Phi) is 2.57. The van der Waals surface area contributed by atoms with Crippen molar-refractivity contribution in [3.8, 4) is 17.2 Å². The van der Waals surface area contributed by atoms with Crippen LogP contribution in [0.4, 0.5) is 0 Å². The number of para-hydroxylation sites is 3. The Morgan fingerprint density at radius 3 is 2.50 bits per heavy atom. The number of aromatic nitrogens is 1. The average molecular weight is 237 g/mol. The minimum Gasteiger partial charge on any atom is -0.504 e. The topological polar surface area (TPSA) is 42.4 Å². The minimum absolute atomic E-state index is 0.116. The molecule has 0 aliphatic carbocycles. The molecule has 3 nitrogen and oxygen atoms in total. The van der Waals surface area contributed by atoms with Crippen molar-refractivity contribution in [2.45, 2.75) is 0 Å². The van der Waals surface area contributed by atoms with Gasteiger partial charge in [0.05, 0.1) is 0 Å². The van der Waals surface area contributed by atoms with Crippen molar-refractivity contribution in [3.05, 3.63) is 60.8 Å². The van der Waals surface area contributed by atoms with E-state index in [0.29, 0.717) is 11.5 Å². The van der Waals surface area contributed by atoms with Gasteiger partial charge in [0.2, 0.25) is 0 Å². The molecule has 0 saturated heterocycles. The van der Waals surface area contributed by atoms with Crippen molar-refractivity contribution >= 4 is 10.9 Å². The van der Waals surface area contributed by atoms with E-state index in [4.69, 9.17) is 4.74 Å². The lowest BCUT2D eigenvalue weighted by molar-refractivity contribution is 0.413. The first-order valence-electron chi connectivity index (χ1n) is 5.64. The van der Waals surface area contributed by atoms with E-state index in [-0.39, 0.29) is 5.75 Å². The number of phenols is 1. The van der Waals surface area contributed by atoms with Crippen LogP contribution >= 0.6 is 0 Å². The zero-order chi connectivity index (χ0) is 12.4. The van der Waals surface area contributed by atoms with Gasteiger partial charge >= 0.3 is 0 Å². The third kappa shape index (κ3) is 1.86. The van der Waals surface area contributed by atoms with Gasteiger partial charge in [-0.15, -0.1) is 0 Å². The number of nitrogens with zero attached hydrogens (tertiary/aromatic N) is 1. The van der Waals surface area contributed by atoms with Crippen LogP contribution < -0.4 is 4.74 Å². The molecule has 0 unspecified atom stereocenters. The summed E-state index contributed by atoms with van der Waals surface area (Å²) in [6, 6.07) is 16.4. The Morgan fingerprint density at radius 2 is 1.61 bits per heavy atom. The molecule has 0 bridgehead atoms. The SMILES string of the molecule is Oc1ccccc1Oc1cccc2cccnc12. The summed E-state index contributed by atoms with van der Waals surface area (Å²) in [5.74, 6) is 1.18. The van der Waals surface area contributed by atoms with Crippen LogP contribution in [0.3, 0.4) is 0 Å². The van der Waals surface area contributed by atoms with Gasteiger partial charge < -0.3 is 9.84 Å². The molecule has 1 heterocycles. The molecular formula is C15H11NO2. The van der Waals surface area contributed by atoms with Gasteiger partial charge in [0.15, 0.2) is 17.2 Å². The van der Waals surface area contributed by atoms with E-state index >= 15 is 0 Å². The van der Waals surface area contributed by atoms with Gasteiger partial charge in [-0.05, 0) is 24.3 Å². The second kappa shape index (κ2) is 4.37. The highest BCUT2D eigenvalue weighted by molar-refractivity contribution is 5.84. The van der Waals surface area contributed by atoms with Crippen LogP contribution in [0.25, 0.3) is 10.9 Å². The van der Waals surface area contributed by atoms with Crippen LogP contribution in [-0.4, -0.2) is 10.1 Å². The van der Waals surface area contributed by atoms with Crippen LogP contribution in [-0.2, 0) is 0 Å². The zero-order valence-electron chi connectivity index (χ0n) is 9.58. The summed E-state index contributed by atoms with van der Waals surface area (Å²) < 4.78 is 5.71. The summed E-state index contributed by atoms with van der Waals surface area (Å²) in [5, 5.41) is 10.7. The third-order valence-electron chi connectivity index (χ3n) is 2.68. The quantitative estimate of drug-likeness (QED) is 0.738. The van der Waals surface area contributed by atoms with Crippen molar-refractivity contribution in [2.24, 2.45) is 0 Å². The molecule has 0 aliphatic rings. The van der Waals surface area contributed by atoms with Crippen LogP contribution in [0.2, 0.25) is 0 Å². The number of hydrogen-bond donors (Lipinski definition) is 1. The van der Waals surface area contributed by atoms with Gasteiger partial charge in [-0.1, -0.05) is 30.3 Å². The number of ether oxygens (including phenoxy) is 1. The van der Waals surface area contributed by atoms with Gasteiger partial charge in [-0.3, -0.25) is 4.98 Å². The van der Waals surface area contributed by atoms with E-state index in [1.54, 1.807) is 24.4 Å². The summed E-state index contributed by atoms with van der Waals surface area (Å²) in [5.41, 5.74) is 0.781. The number of pyridine rings is 1. The fraction of sp³-hybridized carbons (Fsp3) is 0. The number of rotatable bonds is 2. The average Bonchev–Trinajstić information content (AvgIpc) is 2.42. The first kappa shape index (κ1) is 10.6. The fourth-order valence-corrected chi connectivity index (χ4v) is 1.82. The number of fused-ring (bicyclic) bond motifs is 1. The maximum absolute atomic E-state index is 9.70. The second-order valence-corrected chi connectivity index (χ2v) is 3.90. The lowest BCUT2D eigenvalue weighted by atomic mass is 10.2. The molecule has 1 N–H and O–H groups in total. The van der Waals surface area contributed by atoms with Crippen molar-refractivity contribution in [3.63, 3.8) is 0 Å². The minimum atomic E-state index is 0.116. The van der Waals surface area contributed by atoms with Gasteiger partial charge in [0.25, 0.3) is 0 Å². The van der Waals surface area contributed by atoms with Crippen molar-refractivity contribution in [1.82, 2.24) is 4.98 Å². The maximum atomic E-state index is 9.70. The summed E-state index contributed by atoms with van der Waals surface area (Å²) in [7, 11) is 0. The summed E-state index contributed by atoms with van der Waals surface area (Å²) in [4.78, 5) is 4.30. The molecule has 18 heavy (non-hydrogen) atoms. The van der Waals surface area contributed by atoms with Gasteiger partial charge in [-0.25, -0.2) is 0 Å². The molecule has 0 saturated carbocycles. The summed E-state index contributed by atoms with van der Waals surface area (Å²) in [6.45, 7) is 0. The van der Waals surface area contributed by atoms with Gasteiger partial charge in [-0.2, -0.15) is 0 Å². The molecule has 1 aromatic heterocycles. The van der Waals surface area contributed by atoms with E-state index < -0.39 is 0 Å². The van der Waals surface area contributed by atoms with Crippen LogP contribution in [0.5, 0.6) is 17.2 Å². The molecule has 3 rings (SSSR count). The van der Waals surface area contributed by atoms with E-state index in [1.165, 1.54) is 0 Å². The molecule has 0 aliphatic heterocycles. The van der Waals surface area contributed by atoms with Gasteiger partial charge in [0, 0.05) is 11.6 Å². The zero-order valence-corrected chi connectivity index (χ0v) is 9.58. The second-order valence-electron chi connectivity index (χ2n) is 3.90. The molecule has 0 amide bonds. The Hall–Kier alpha value is -2.55. The van der Waals surface area contributed by atoms with E-state index in [0.717, 1.165) is 10.9 Å². The maximum Gasteiger partial charge on any atom is 0.169 e. The van der Waals surface area contributed by atoms with Crippen molar-refractivity contribution in [1.29, 1.82) is 0 Å². The van der Waals surface area contributed by atoms with E-state index in [1.807, 2.05) is 36.4 Å². The Bertz CT molecular complexity index is 689. The highest BCUT2D eigenvalue weighted by atomic mass is 16.5. The largest absolute Gasteiger partial charge is 0.504 e. The number of aromatic hydroxyl groups is 1. The monoisotopic (exact) mass is 237 g/mol. The van der Waals surface area contributed by atoms with Crippen LogP contribution in [0.1, 0.15) is 0 Å². The fourth-order valence-electron chi connectivity index (χ4n) is 1.82. The molecule has 88 valence electrons. The lowest BCUT2D eigenvalue weighted by Crippen LogP contribution is -1.87. The Labute approximate surface area is 104 Å². The van der Waals surface area contributed by atoms with Crippen LogP contribution in [0, 0.1) is 0 Å². The van der Waals surface area contributed by atoms with Gasteiger partial charge in [0.1, 0.15) is 5.52 Å². The predicted molar refractivity (Wildman–Crippen MR) is 69.9 cm³/mol. The molecule has 0 spiro atoms. The molecule has 0 radical (unpaired) electrons. The Morgan fingerprint density at radius 1 is 0.833 bits per heavy atom. The van der Waals surface area contributed by atoms with Crippen LogP contribution in [0.15, 0.2) is 60.8 Å². The number of phenolic OH excluding ortho intramolecular Hbond substituents is 1. The highest BCUT2D eigenvalue weighted by Crippen LogP contribution is 2.33. The predicted octanol–water partition coefficient (Wildman–Crippen LogP) is 3.73. The highest BCUT2D eigenvalue weighted by Gasteiger charge is 2.06. The van der Waals surface area contributed by atoms with Crippen molar-refractivity contribution in [2.75, 3.05) is 0 Å². The third-order valence-corrected chi connectivity index (χ3v) is 2.68. The standard InChI is InChI=1S/C15H11NO2/c17-12-7-1-2-8-13(12)18-14-9-3-5-11-6-4-10-16-15(11)14/h1-10,17H. The summed E-state index contributed by atoms with van der Waals surface area (Å²) >= 11 is 0. The molecule has 2 aromatic carbocycles. The Balaban J connectivity index is 2.08. The lowest BCUT2D eigenvalue weighted by Gasteiger charge is -2.09. The first-order valence-corrected chi connectivity index (χ1v) is 5.64. The smallest absolute Gasteiger partial charge is 0.169 e. The first-order chi connectivity index (χ1) is 8.84. The number of hydrogen-bond acceptors (Lipinski definition) is 3. The van der Waals surface area contributed by atoms with E-state index in [9.17, 15) is 5.11 Å². The molecule has 0 atom stereocenters. The molecule has 3 aromatic rings. The normalized spacial score (nSPS) is 10.4.